The fraction of sp³-hybridized carbons (Fsp3) is 0.500. The third-order valence-corrected chi connectivity index (χ3v) is 3.99. The maximum absolute atomic E-state index is 11.3. The molecule has 1 amide bonds. The number of nitrogens with two attached hydrogens (primary N) is 1. The standard InChI is InChI=1S/C14H21ClN4O/c1-11(9-14(20)17-16)18-5-7-19(8-6-18)13-4-2-3-12(15)10-13/h2-4,10-11H,5-9,16H2,1H3,(H,17,20). The van der Waals surface area contributed by atoms with Crippen LogP contribution in [0, 0.1) is 0 Å². The van der Waals surface area contributed by atoms with Gasteiger partial charge in [0.05, 0.1) is 0 Å². The lowest BCUT2D eigenvalue weighted by molar-refractivity contribution is -0.122. The van der Waals surface area contributed by atoms with Crippen LogP contribution in [0.5, 0.6) is 0 Å². The molecule has 0 spiro atoms. The van der Waals surface area contributed by atoms with Gasteiger partial charge in [0.15, 0.2) is 0 Å². The molecule has 20 heavy (non-hydrogen) atoms. The maximum atomic E-state index is 11.3. The molecule has 1 aliphatic rings. The maximum Gasteiger partial charge on any atom is 0.235 e. The molecule has 0 radical (unpaired) electrons. The number of carbonyl (C=O) groups is 1. The fourth-order valence-electron chi connectivity index (χ4n) is 2.55. The minimum absolute atomic E-state index is 0.116. The highest BCUT2D eigenvalue weighted by molar-refractivity contribution is 6.30. The molecule has 2 rings (SSSR count). The summed E-state index contributed by atoms with van der Waals surface area (Å²) in [4.78, 5) is 15.9. The number of hydrogen-bond acceptors (Lipinski definition) is 4. The quantitative estimate of drug-likeness (QED) is 0.498. The zero-order chi connectivity index (χ0) is 14.5. The van der Waals surface area contributed by atoms with E-state index in [0.29, 0.717) is 6.42 Å². The summed E-state index contributed by atoms with van der Waals surface area (Å²) in [5.74, 6) is 5.01. The average Bonchev–Trinajstić information content (AvgIpc) is 2.47. The lowest BCUT2D eigenvalue weighted by atomic mass is 10.1. The van der Waals surface area contributed by atoms with Crippen molar-refractivity contribution in [3.05, 3.63) is 29.3 Å². The van der Waals surface area contributed by atoms with Gasteiger partial charge in [-0.1, -0.05) is 17.7 Å². The first-order valence-electron chi connectivity index (χ1n) is 6.84. The summed E-state index contributed by atoms with van der Waals surface area (Å²) in [7, 11) is 0. The Kier molecular flexibility index (Phi) is 5.23. The minimum atomic E-state index is -0.116. The van der Waals surface area contributed by atoms with Gasteiger partial charge in [0.2, 0.25) is 5.91 Å². The molecule has 1 unspecified atom stereocenters. The van der Waals surface area contributed by atoms with Crippen molar-refractivity contribution in [1.82, 2.24) is 10.3 Å². The van der Waals surface area contributed by atoms with Crippen molar-refractivity contribution in [2.45, 2.75) is 19.4 Å². The highest BCUT2D eigenvalue weighted by Crippen LogP contribution is 2.21. The molecule has 1 aromatic carbocycles. The molecule has 1 aliphatic heterocycles. The Balaban J connectivity index is 1.87. The van der Waals surface area contributed by atoms with Crippen LogP contribution in [0.15, 0.2) is 24.3 Å². The van der Waals surface area contributed by atoms with Crippen molar-refractivity contribution in [3.63, 3.8) is 0 Å². The first kappa shape index (κ1) is 15.1. The molecule has 1 aromatic rings. The van der Waals surface area contributed by atoms with E-state index in [1.165, 1.54) is 0 Å². The Morgan fingerprint density at radius 2 is 2.10 bits per heavy atom. The zero-order valence-corrected chi connectivity index (χ0v) is 12.4. The van der Waals surface area contributed by atoms with Gasteiger partial charge in [-0.05, 0) is 25.1 Å². The minimum Gasteiger partial charge on any atom is -0.369 e. The lowest BCUT2D eigenvalue weighted by Gasteiger charge is -2.39. The monoisotopic (exact) mass is 296 g/mol. The number of halogens is 1. The average molecular weight is 297 g/mol. The molecule has 0 aromatic heterocycles. The van der Waals surface area contributed by atoms with Crippen molar-refractivity contribution < 1.29 is 4.79 Å². The Morgan fingerprint density at radius 1 is 1.40 bits per heavy atom. The van der Waals surface area contributed by atoms with Gasteiger partial charge in [-0.2, -0.15) is 0 Å². The molecule has 0 bridgehead atoms. The van der Waals surface area contributed by atoms with Crippen molar-refractivity contribution in [3.8, 4) is 0 Å². The number of nitrogens with one attached hydrogen (secondary N) is 1. The number of benzene rings is 1. The second kappa shape index (κ2) is 6.92. The largest absolute Gasteiger partial charge is 0.369 e. The van der Waals surface area contributed by atoms with E-state index < -0.39 is 0 Å². The van der Waals surface area contributed by atoms with E-state index in [1.54, 1.807) is 0 Å². The van der Waals surface area contributed by atoms with Crippen LogP contribution in [0.4, 0.5) is 5.69 Å². The predicted molar refractivity (Wildman–Crippen MR) is 81.6 cm³/mol. The van der Waals surface area contributed by atoms with Crippen LogP contribution in [-0.2, 0) is 4.79 Å². The number of hydrazine groups is 1. The predicted octanol–water partition coefficient (Wildman–Crippen LogP) is 1.23. The van der Waals surface area contributed by atoms with Crippen molar-refractivity contribution >= 4 is 23.2 Å². The van der Waals surface area contributed by atoms with E-state index in [9.17, 15) is 4.79 Å². The summed E-state index contributed by atoms with van der Waals surface area (Å²) in [5, 5.41) is 0.762. The van der Waals surface area contributed by atoms with Gasteiger partial charge in [-0.3, -0.25) is 15.1 Å². The molecule has 5 nitrogen and oxygen atoms in total. The highest BCUT2D eigenvalue weighted by atomic mass is 35.5. The molecule has 110 valence electrons. The van der Waals surface area contributed by atoms with E-state index in [1.807, 2.05) is 18.2 Å². The summed E-state index contributed by atoms with van der Waals surface area (Å²) < 4.78 is 0. The summed E-state index contributed by atoms with van der Waals surface area (Å²) in [5.41, 5.74) is 3.34. The molecule has 0 aliphatic carbocycles. The summed E-state index contributed by atoms with van der Waals surface area (Å²) in [6, 6.07) is 8.13. The van der Waals surface area contributed by atoms with Gasteiger partial charge >= 0.3 is 0 Å². The Hall–Kier alpha value is -1.30. The molecule has 3 N–H and O–H groups in total. The first-order valence-corrected chi connectivity index (χ1v) is 7.22. The normalized spacial score (nSPS) is 17.9. The van der Waals surface area contributed by atoms with E-state index >= 15 is 0 Å². The molecule has 1 fully saturated rings. The number of carbonyl (C=O) groups excluding carboxylic acids is 1. The smallest absolute Gasteiger partial charge is 0.235 e. The molecule has 0 saturated carbocycles. The number of amides is 1. The van der Waals surface area contributed by atoms with Crippen molar-refractivity contribution in [1.29, 1.82) is 0 Å². The second-order valence-corrected chi connectivity index (χ2v) is 5.56. The van der Waals surface area contributed by atoms with Crippen LogP contribution in [-0.4, -0.2) is 43.0 Å². The van der Waals surface area contributed by atoms with Crippen LogP contribution >= 0.6 is 11.6 Å². The summed E-state index contributed by atoms with van der Waals surface area (Å²) >= 11 is 6.02. The van der Waals surface area contributed by atoms with Gasteiger partial charge in [-0.15, -0.1) is 0 Å². The van der Waals surface area contributed by atoms with Gasteiger partial charge in [0.25, 0.3) is 0 Å². The molecule has 6 heteroatoms. The Labute approximate surface area is 124 Å². The topological polar surface area (TPSA) is 61.6 Å². The molecular formula is C14H21ClN4O. The number of anilines is 1. The van der Waals surface area contributed by atoms with Gasteiger partial charge in [0.1, 0.15) is 0 Å². The molecular weight excluding hydrogens is 276 g/mol. The number of hydrogen-bond donors (Lipinski definition) is 2. The van der Waals surface area contributed by atoms with Gasteiger partial charge in [0, 0.05) is 49.4 Å². The third kappa shape index (κ3) is 3.85. The molecule has 1 atom stereocenters. The van der Waals surface area contributed by atoms with Crippen molar-refractivity contribution in [2.75, 3.05) is 31.1 Å². The van der Waals surface area contributed by atoms with Crippen LogP contribution < -0.4 is 16.2 Å². The molecule has 1 saturated heterocycles. The van der Waals surface area contributed by atoms with Crippen LogP contribution in [0.2, 0.25) is 5.02 Å². The van der Waals surface area contributed by atoms with Crippen LogP contribution in [0.3, 0.4) is 0 Å². The van der Waals surface area contributed by atoms with Crippen molar-refractivity contribution in [2.24, 2.45) is 5.84 Å². The Bertz CT molecular complexity index is 460. The van der Waals surface area contributed by atoms with Crippen LogP contribution in [0.1, 0.15) is 13.3 Å². The Morgan fingerprint density at radius 3 is 2.70 bits per heavy atom. The number of piperazine rings is 1. The second-order valence-electron chi connectivity index (χ2n) is 5.12. The SMILES string of the molecule is CC(CC(=O)NN)N1CCN(c2cccc(Cl)c2)CC1. The van der Waals surface area contributed by atoms with Gasteiger partial charge < -0.3 is 4.90 Å². The lowest BCUT2D eigenvalue weighted by Crippen LogP contribution is -2.50. The summed E-state index contributed by atoms with van der Waals surface area (Å²) in [6.07, 6.45) is 0.438. The van der Waals surface area contributed by atoms with E-state index in [-0.39, 0.29) is 11.9 Å². The molecule has 1 heterocycles. The third-order valence-electron chi connectivity index (χ3n) is 3.75. The summed E-state index contributed by atoms with van der Waals surface area (Å²) in [6.45, 7) is 5.81. The number of nitrogens with zero attached hydrogens (tertiary/aromatic N) is 2. The van der Waals surface area contributed by atoms with Crippen LogP contribution in [0.25, 0.3) is 0 Å². The zero-order valence-electron chi connectivity index (χ0n) is 11.7. The van der Waals surface area contributed by atoms with Gasteiger partial charge in [-0.25, -0.2) is 5.84 Å². The highest BCUT2D eigenvalue weighted by Gasteiger charge is 2.22. The number of rotatable bonds is 4. The van der Waals surface area contributed by atoms with E-state index in [0.717, 1.165) is 36.9 Å². The van der Waals surface area contributed by atoms with E-state index in [4.69, 9.17) is 17.4 Å². The first-order chi connectivity index (χ1) is 9.60. The van der Waals surface area contributed by atoms with E-state index in [2.05, 4.69) is 28.2 Å². The fourth-order valence-corrected chi connectivity index (χ4v) is 2.73.